The van der Waals surface area contributed by atoms with Gasteiger partial charge in [0.2, 0.25) is 0 Å². The van der Waals surface area contributed by atoms with Crippen LogP contribution in [0.1, 0.15) is 18.9 Å². The minimum absolute atomic E-state index is 0.136. The summed E-state index contributed by atoms with van der Waals surface area (Å²) in [5.41, 5.74) is -0.294. The normalized spacial score (nSPS) is 22.5. The molecule has 106 valence electrons. The first-order chi connectivity index (χ1) is 9.32. The summed E-state index contributed by atoms with van der Waals surface area (Å²) in [7, 11) is 0. The molecule has 0 N–H and O–H groups in total. The van der Waals surface area contributed by atoms with E-state index in [-0.39, 0.29) is 6.42 Å². The van der Waals surface area contributed by atoms with Gasteiger partial charge in [0.1, 0.15) is 0 Å². The predicted octanol–water partition coefficient (Wildman–Crippen LogP) is 3.89. The molecule has 0 heterocycles. The molecule has 0 aromatic heterocycles. The fourth-order valence-electron chi connectivity index (χ4n) is 2.08. The Balaban J connectivity index is 2.25. The molecule has 1 aromatic rings. The topological polar surface area (TPSA) is 26.3 Å². The van der Waals surface area contributed by atoms with Crippen molar-refractivity contribution in [3.63, 3.8) is 0 Å². The quantitative estimate of drug-likeness (QED) is 0.840. The highest BCUT2D eigenvalue weighted by Crippen LogP contribution is 2.35. The number of ketones is 1. The Labute approximate surface area is 114 Å². The molecular weight excluding hydrogens is 269 g/mol. The fourth-order valence-corrected chi connectivity index (χ4v) is 2.08. The first-order valence-corrected chi connectivity index (χ1v) is 6.05. The number of carbonyl (C=O) groups is 1. The van der Waals surface area contributed by atoms with Crippen molar-refractivity contribution >= 4 is 11.4 Å². The summed E-state index contributed by atoms with van der Waals surface area (Å²) in [6, 6.07) is 9.22. The van der Waals surface area contributed by atoms with Gasteiger partial charge in [-0.3, -0.25) is 9.53 Å². The minimum atomic E-state index is -4.85. The van der Waals surface area contributed by atoms with Crippen molar-refractivity contribution in [3.05, 3.63) is 54.1 Å². The second-order valence-corrected chi connectivity index (χ2v) is 4.56. The minimum Gasteiger partial charge on any atom is -0.296 e. The van der Waals surface area contributed by atoms with E-state index >= 15 is 0 Å². The maximum absolute atomic E-state index is 12.4. The third-order valence-electron chi connectivity index (χ3n) is 3.16. The maximum atomic E-state index is 12.4. The number of ether oxygens (including phenoxy) is 1. The first-order valence-electron chi connectivity index (χ1n) is 6.05. The Bertz CT molecular complexity index is 558. The van der Waals surface area contributed by atoms with Crippen LogP contribution in [0.4, 0.5) is 13.2 Å². The van der Waals surface area contributed by atoms with E-state index in [1.54, 1.807) is 6.08 Å². The number of rotatable bonds is 3. The van der Waals surface area contributed by atoms with Gasteiger partial charge in [-0.25, -0.2) is 0 Å². The van der Waals surface area contributed by atoms with Crippen molar-refractivity contribution in [2.45, 2.75) is 25.3 Å². The SMILES string of the molecule is CC(=O)C1(OC(F)(F)F)C=CC(c2ccccc2)=CC1. The summed E-state index contributed by atoms with van der Waals surface area (Å²) in [4.78, 5) is 11.5. The van der Waals surface area contributed by atoms with Crippen LogP contribution in [0.3, 0.4) is 0 Å². The number of hydrogen-bond acceptors (Lipinski definition) is 2. The van der Waals surface area contributed by atoms with Crippen LogP contribution in [0.5, 0.6) is 0 Å². The van der Waals surface area contributed by atoms with Crippen LogP contribution in [0, 0.1) is 0 Å². The van der Waals surface area contributed by atoms with E-state index in [1.165, 1.54) is 12.2 Å². The number of benzene rings is 1. The Hall–Kier alpha value is -1.88. The number of Topliss-reactive ketones (excluding diaryl/α,β-unsaturated/α-hetero) is 1. The van der Waals surface area contributed by atoms with Gasteiger partial charge in [-0.1, -0.05) is 42.5 Å². The third kappa shape index (κ3) is 3.17. The Morgan fingerprint density at radius 2 is 1.90 bits per heavy atom. The number of carbonyl (C=O) groups excluding carboxylic acids is 1. The van der Waals surface area contributed by atoms with Gasteiger partial charge in [0.15, 0.2) is 11.4 Å². The molecule has 0 amide bonds. The van der Waals surface area contributed by atoms with Crippen molar-refractivity contribution < 1.29 is 22.7 Å². The summed E-state index contributed by atoms with van der Waals surface area (Å²) in [6.07, 6.45) is -0.726. The molecule has 2 rings (SSSR count). The van der Waals surface area contributed by atoms with Gasteiger partial charge in [-0.05, 0) is 24.1 Å². The summed E-state index contributed by atoms with van der Waals surface area (Å²) in [5, 5.41) is 0. The van der Waals surface area contributed by atoms with E-state index in [4.69, 9.17) is 0 Å². The average molecular weight is 282 g/mol. The van der Waals surface area contributed by atoms with Gasteiger partial charge < -0.3 is 0 Å². The van der Waals surface area contributed by atoms with Crippen LogP contribution >= 0.6 is 0 Å². The molecule has 1 unspecified atom stereocenters. The van der Waals surface area contributed by atoms with E-state index in [2.05, 4.69) is 4.74 Å². The Kier molecular flexibility index (Phi) is 3.81. The summed E-state index contributed by atoms with van der Waals surface area (Å²) in [5.74, 6) is -0.672. The smallest absolute Gasteiger partial charge is 0.296 e. The van der Waals surface area contributed by atoms with Gasteiger partial charge in [-0.2, -0.15) is 0 Å². The zero-order valence-corrected chi connectivity index (χ0v) is 10.8. The zero-order valence-electron chi connectivity index (χ0n) is 10.8. The van der Waals surface area contributed by atoms with Gasteiger partial charge in [0.05, 0.1) is 0 Å². The zero-order chi connectivity index (χ0) is 14.8. The van der Waals surface area contributed by atoms with Crippen molar-refractivity contribution in [1.82, 2.24) is 0 Å². The number of allylic oxidation sites excluding steroid dienone is 2. The molecule has 1 aromatic carbocycles. The van der Waals surface area contributed by atoms with E-state index in [0.717, 1.165) is 18.1 Å². The molecular formula is C15H13F3O2. The van der Waals surface area contributed by atoms with E-state index in [1.807, 2.05) is 30.3 Å². The number of alkyl halides is 3. The largest absolute Gasteiger partial charge is 0.523 e. The van der Waals surface area contributed by atoms with Crippen LogP contribution in [-0.2, 0) is 9.53 Å². The van der Waals surface area contributed by atoms with E-state index in [0.29, 0.717) is 0 Å². The molecule has 0 saturated carbocycles. The molecule has 0 saturated heterocycles. The molecule has 0 fully saturated rings. The van der Waals surface area contributed by atoms with Crippen LogP contribution in [0.2, 0.25) is 0 Å². The lowest BCUT2D eigenvalue weighted by atomic mass is 9.86. The first kappa shape index (κ1) is 14.5. The van der Waals surface area contributed by atoms with Gasteiger partial charge in [-0.15, -0.1) is 13.2 Å². The molecule has 5 heteroatoms. The Morgan fingerprint density at radius 3 is 2.35 bits per heavy atom. The summed E-state index contributed by atoms with van der Waals surface area (Å²) in [6.45, 7) is 1.09. The van der Waals surface area contributed by atoms with Crippen LogP contribution < -0.4 is 0 Å². The highest BCUT2D eigenvalue weighted by atomic mass is 19.4. The molecule has 0 bridgehead atoms. The lowest BCUT2D eigenvalue weighted by Crippen LogP contribution is -2.43. The van der Waals surface area contributed by atoms with Crippen LogP contribution in [0.25, 0.3) is 5.57 Å². The second-order valence-electron chi connectivity index (χ2n) is 4.56. The molecule has 1 aliphatic carbocycles. The van der Waals surface area contributed by atoms with E-state index < -0.39 is 17.7 Å². The molecule has 20 heavy (non-hydrogen) atoms. The molecule has 0 spiro atoms. The highest BCUT2D eigenvalue weighted by Gasteiger charge is 2.45. The predicted molar refractivity (Wildman–Crippen MR) is 68.7 cm³/mol. The molecule has 2 nitrogen and oxygen atoms in total. The monoisotopic (exact) mass is 282 g/mol. The summed E-state index contributed by atoms with van der Waals surface area (Å²) >= 11 is 0. The van der Waals surface area contributed by atoms with Gasteiger partial charge >= 0.3 is 6.36 Å². The van der Waals surface area contributed by atoms with Crippen LogP contribution in [-0.4, -0.2) is 17.7 Å². The average Bonchev–Trinajstić information content (AvgIpc) is 2.38. The highest BCUT2D eigenvalue weighted by molar-refractivity contribution is 5.90. The van der Waals surface area contributed by atoms with Crippen LogP contribution in [0.15, 0.2) is 48.6 Å². The number of halogens is 3. The lowest BCUT2D eigenvalue weighted by molar-refractivity contribution is -0.351. The molecule has 0 aliphatic heterocycles. The van der Waals surface area contributed by atoms with Crippen molar-refractivity contribution in [1.29, 1.82) is 0 Å². The van der Waals surface area contributed by atoms with Crippen molar-refractivity contribution in [3.8, 4) is 0 Å². The summed E-state index contributed by atoms with van der Waals surface area (Å²) < 4.78 is 41.3. The third-order valence-corrected chi connectivity index (χ3v) is 3.16. The maximum Gasteiger partial charge on any atom is 0.523 e. The molecule has 1 aliphatic rings. The fraction of sp³-hybridized carbons (Fsp3) is 0.267. The van der Waals surface area contributed by atoms with E-state index in [9.17, 15) is 18.0 Å². The van der Waals surface area contributed by atoms with Gasteiger partial charge in [0, 0.05) is 6.42 Å². The van der Waals surface area contributed by atoms with Gasteiger partial charge in [0.25, 0.3) is 0 Å². The second kappa shape index (κ2) is 5.25. The standard InChI is InChI=1S/C15H13F3O2/c1-11(19)14(20-15(16,17)18)9-7-13(8-10-14)12-5-3-2-4-6-12/h2-9H,10H2,1H3. The Morgan fingerprint density at radius 1 is 1.25 bits per heavy atom. The molecule has 1 atom stereocenters. The van der Waals surface area contributed by atoms with Crippen molar-refractivity contribution in [2.75, 3.05) is 0 Å². The number of hydrogen-bond donors (Lipinski definition) is 0. The lowest BCUT2D eigenvalue weighted by Gasteiger charge is -2.30. The van der Waals surface area contributed by atoms with Crippen molar-refractivity contribution in [2.24, 2.45) is 0 Å². The molecule has 0 radical (unpaired) electrons.